The maximum Gasteiger partial charge on any atom is 0.280 e. The lowest BCUT2D eigenvalue weighted by Crippen LogP contribution is -2.34. The second-order valence-corrected chi connectivity index (χ2v) is 5.46. The number of nitrogens with zero attached hydrogens (tertiary/aromatic N) is 3. The molecular formula is C13H20N6O3. The van der Waals surface area contributed by atoms with Gasteiger partial charge in [-0.25, -0.2) is 4.98 Å². The number of anilines is 1. The van der Waals surface area contributed by atoms with E-state index in [0.29, 0.717) is 12.2 Å². The van der Waals surface area contributed by atoms with Gasteiger partial charge in [0.15, 0.2) is 17.4 Å². The summed E-state index contributed by atoms with van der Waals surface area (Å²) in [6.45, 7) is 2.65. The van der Waals surface area contributed by atoms with Crippen LogP contribution in [0.3, 0.4) is 0 Å². The minimum absolute atomic E-state index is 0.00514. The predicted octanol–water partition coefficient (Wildman–Crippen LogP) is -0.794. The topological polar surface area (TPSA) is 131 Å². The normalized spacial score (nSPS) is 28.5. The van der Waals surface area contributed by atoms with Crippen LogP contribution in [0.15, 0.2) is 11.1 Å². The number of nitrogens with one attached hydrogen (secondary N) is 2. The summed E-state index contributed by atoms with van der Waals surface area (Å²) in [5.74, 6) is -0.0395. The molecular weight excluding hydrogens is 288 g/mol. The molecule has 2 aromatic heterocycles. The van der Waals surface area contributed by atoms with Crippen LogP contribution < -0.4 is 16.6 Å². The van der Waals surface area contributed by atoms with Crippen molar-refractivity contribution in [2.24, 2.45) is 5.92 Å². The lowest BCUT2D eigenvalue weighted by atomic mass is 9.96. The molecule has 5 N–H and O–H groups in total. The SMILES string of the molecule is CC[C@H]1O[C@@H](n2cnc3c(=O)[nH]c(N)nc32)[C@H](O)[C@@H]1CNC. The van der Waals surface area contributed by atoms with Crippen LogP contribution in [0.1, 0.15) is 19.6 Å². The minimum Gasteiger partial charge on any atom is -0.388 e. The summed E-state index contributed by atoms with van der Waals surface area (Å²) in [4.78, 5) is 22.4. The predicted molar refractivity (Wildman–Crippen MR) is 80.2 cm³/mol. The average molecular weight is 308 g/mol. The number of hydrogen-bond donors (Lipinski definition) is 4. The number of aliphatic hydroxyl groups is 1. The Hall–Kier alpha value is -1.97. The molecule has 22 heavy (non-hydrogen) atoms. The summed E-state index contributed by atoms with van der Waals surface area (Å²) in [5, 5.41) is 13.7. The Morgan fingerprint density at radius 2 is 2.36 bits per heavy atom. The second kappa shape index (κ2) is 5.67. The summed E-state index contributed by atoms with van der Waals surface area (Å²) in [5.41, 5.74) is 5.67. The van der Waals surface area contributed by atoms with Crippen molar-refractivity contribution >= 4 is 17.1 Å². The Labute approximate surface area is 126 Å². The van der Waals surface area contributed by atoms with E-state index in [2.05, 4.69) is 20.3 Å². The van der Waals surface area contributed by atoms with E-state index in [1.165, 1.54) is 6.33 Å². The van der Waals surface area contributed by atoms with Crippen LogP contribution in [0.25, 0.3) is 11.2 Å². The van der Waals surface area contributed by atoms with Gasteiger partial charge in [0.05, 0.1) is 12.4 Å². The molecule has 9 heteroatoms. The van der Waals surface area contributed by atoms with E-state index in [9.17, 15) is 9.90 Å². The highest BCUT2D eigenvalue weighted by Gasteiger charge is 2.43. The molecule has 0 spiro atoms. The smallest absolute Gasteiger partial charge is 0.280 e. The maximum absolute atomic E-state index is 11.8. The monoisotopic (exact) mass is 308 g/mol. The molecule has 0 unspecified atom stereocenters. The molecule has 9 nitrogen and oxygen atoms in total. The van der Waals surface area contributed by atoms with Crippen molar-refractivity contribution in [3.8, 4) is 0 Å². The Morgan fingerprint density at radius 1 is 1.59 bits per heavy atom. The molecule has 0 radical (unpaired) electrons. The van der Waals surface area contributed by atoms with Gasteiger partial charge in [-0.15, -0.1) is 0 Å². The van der Waals surface area contributed by atoms with Crippen LogP contribution in [-0.2, 0) is 4.74 Å². The van der Waals surface area contributed by atoms with E-state index in [1.807, 2.05) is 14.0 Å². The van der Waals surface area contributed by atoms with Crippen LogP contribution in [-0.4, -0.2) is 50.4 Å². The third-order valence-corrected chi connectivity index (χ3v) is 4.09. The molecule has 3 heterocycles. The van der Waals surface area contributed by atoms with Gasteiger partial charge in [0, 0.05) is 12.5 Å². The zero-order chi connectivity index (χ0) is 15.9. The first-order chi connectivity index (χ1) is 10.6. The first kappa shape index (κ1) is 14.9. The van der Waals surface area contributed by atoms with E-state index in [0.717, 1.165) is 6.42 Å². The fourth-order valence-electron chi connectivity index (χ4n) is 3.04. The summed E-state index contributed by atoms with van der Waals surface area (Å²) in [7, 11) is 1.83. The largest absolute Gasteiger partial charge is 0.388 e. The van der Waals surface area contributed by atoms with Crippen LogP contribution in [0.2, 0.25) is 0 Å². The van der Waals surface area contributed by atoms with E-state index in [1.54, 1.807) is 4.57 Å². The number of aromatic nitrogens is 4. The Morgan fingerprint density at radius 3 is 3.05 bits per heavy atom. The van der Waals surface area contributed by atoms with E-state index < -0.39 is 17.9 Å². The number of nitrogens with two attached hydrogens (primary N) is 1. The number of ether oxygens (including phenoxy) is 1. The minimum atomic E-state index is -0.725. The third-order valence-electron chi connectivity index (χ3n) is 4.09. The van der Waals surface area contributed by atoms with Crippen LogP contribution in [0.4, 0.5) is 5.95 Å². The quantitative estimate of drug-likeness (QED) is 0.582. The van der Waals surface area contributed by atoms with Crippen molar-refractivity contribution in [1.29, 1.82) is 0 Å². The van der Waals surface area contributed by atoms with Gasteiger partial charge in [0.25, 0.3) is 5.56 Å². The molecule has 0 bridgehead atoms. The summed E-state index contributed by atoms with van der Waals surface area (Å²) in [6, 6.07) is 0. The van der Waals surface area contributed by atoms with Gasteiger partial charge >= 0.3 is 0 Å². The van der Waals surface area contributed by atoms with Crippen LogP contribution in [0, 0.1) is 5.92 Å². The molecule has 0 amide bonds. The van der Waals surface area contributed by atoms with Gasteiger partial charge in [-0.3, -0.25) is 14.3 Å². The number of aliphatic hydroxyl groups excluding tert-OH is 1. The molecule has 1 aliphatic rings. The van der Waals surface area contributed by atoms with Crippen molar-refractivity contribution < 1.29 is 9.84 Å². The zero-order valence-electron chi connectivity index (χ0n) is 12.5. The molecule has 2 aromatic rings. The number of rotatable bonds is 4. The highest BCUT2D eigenvalue weighted by atomic mass is 16.5. The first-order valence-corrected chi connectivity index (χ1v) is 7.27. The summed E-state index contributed by atoms with van der Waals surface area (Å²) < 4.78 is 7.53. The van der Waals surface area contributed by atoms with Crippen molar-refractivity contribution in [1.82, 2.24) is 24.8 Å². The lowest BCUT2D eigenvalue weighted by Gasteiger charge is -2.19. The van der Waals surface area contributed by atoms with Crippen molar-refractivity contribution in [2.75, 3.05) is 19.3 Å². The molecule has 1 saturated heterocycles. The van der Waals surface area contributed by atoms with Gasteiger partial charge in [0.1, 0.15) is 6.10 Å². The molecule has 3 rings (SSSR count). The van der Waals surface area contributed by atoms with E-state index >= 15 is 0 Å². The van der Waals surface area contributed by atoms with Crippen molar-refractivity contribution in [3.63, 3.8) is 0 Å². The standard InChI is InChI=1S/C13H20N6O3/c1-3-7-6(4-15-2)9(20)12(22-7)19-5-16-8-10(19)17-13(14)18-11(8)21/h5-7,9,12,15,20H,3-4H2,1-2H3,(H3,14,17,18,21)/t6-,7-,9-,12-/m1/s1. The molecule has 4 atom stereocenters. The van der Waals surface area contributed by atoms with E-state index in [-0.39, 0.29) is 23.5 Å². The van der Waals surface area contributed by atoms with Crippen LogP contribution in [0.5, 0.6) is 0 Å². The van der Waals surface area contributed by atoms with Gasteiger partial charge < -0.3 is 20.9 Å². The number of nitrogen functional groups attached to an aromatic ring is 1. The fraction of sp³-hybridized carbons (Fsp3) is 0.615. The highest BCUT2D eigenvalue weighted by molar-refractivity contribution is 5.70. The Bertz CT molecular complexity index is 726. The number of aromatic amines is 1. The molecule has 0 aromatic carbocycles. The van der Waals surface area contributed by atoms with Crippen molar-refractivity contribution in [3.05, 3.63) is 16.7 Å². The summed E-state index contributed by atoms with van der Waals surface area (Å²) >= 11 is 0. The lowest BCUT2D eigenvalue weighted by molar-refractivity contribution is -0.0355. The number of fused-ring (bicyclic) bond motifs is 1. The van der Waals surface area contributed by atoms with Crippen molar-refractivity contribution in [2.45, 2.75) is 31.8 Å². The Kier molecular flexibility index (Phi) is 3.85. The summed E-state index contributed by atoms with van der Waals surface area (Å²) in [6.07, 6.45) is 0.792. The average Bonchev–Trinajstić information content (AvgIpc) is 3.02. The second-order valence-electron chi connectivity index (χ2n) is 5.46. The molecule has 1 aliphatic heterocycles. The Balaban J connectivity index is 2.03. The zero-order valence-corrected chi connectivity index (χ0v) is 12.5. The molecule has 0 aliphatic carbocycles. The molecule has 0 saturated carbocycles. The molecule has 1 fully saturated rings. The van der Waals surface area contributed by atoms with Gasteiger partial charge in [-0.1, -0.05) is 6.92 Å². The highest BCUT2D eigenvalue weighted by Crippen LogP contribution is 2.36. The fourth-order valence-corrected chi connectivity index (χ4v) is 3.04. The number of hydrogen-bond acceptors (Lipinski definition) is 7. The number of imidazole rings is 1. The van der Waals surface area contributed by atoms with Gasteiger partial charge in [-0.05, 0) is 13.5 Å². The van der Waals surface area contributed by atoms with Gasteiger partial charge in [0.2, 0.25) is 5.95 Å². The van der Waals surface area contributed by atoms with Gasteiger partial charge in [-0.2, -0.15) is 4.98 Å². The molecule has 120 valence electrons. The third kappa shape index (κ3) is 2.27. The van der Waals surface area contributed by atoms with E-state index in [4.69, 9.17) is 10.5 Å². The number of H-pyrrole nitrogens is 1. The first-order valence-electron chi connectivity index (χ1n) is 7.27. The van der Waals surface area contributed by atoms with Crippen LogP contribution >= 0.6 is 0 Å². The maximum atomic E-state index is 11.8.